The van der Waals surface area contributed by atoms with Crippen molar-refractivity contribution in [2.45, 2.75) is 52.1 Å². The van der Waals surface area contributed by atoms with Crippen molar-refractivity contribution in [3.63, 3.8) is 0 Å². The van der Waals surface area contributed by atoms with E-state index in [0.29, 0.717) is 6.04 Å². The molecule has 1 N–H and O–H groups in total. The summed E-state index contributed by atoms with van der Waals surface area (Å²) in [6.07, 6.45) is 0. The van der Waals surface area contributed by atoms with Crippen molar-refractivity contribution in [3.8, 4) is 0 Å². The number of aryl methyl sites for hydroxylation is 1. The number of nitrogens with one attached hydrogen (secondary N) is 1. The van der Waals surface area contributed by atoms with Gasteiger partial charge in [0.2, 0.25) is 0 Å². The standard InChI is InChI=1S/C15H25NS/c1-11(2)10-17-15-7-6-14(13(5)8-15)9-16-12(3)4/h6-8,11-12,16H,9-10H2,1-5H3. The first-order chi connectivity index (χ1) is 7.99. The average molecular weight is 251 g/mol. The van der Waals surface area contributed by atoms with Gasteiger partial charge in [0.25, 0.3) is 0 Å². The van der Waals surface area contributed by atoms with Crippen LogP contribution in [0, 0.1) is 12.8 Å². The molecule has 0 atom stereocenters. The Morgan fingerprint density at radius 3 is 2.41 bits per heavy atom. The monoisotopic (exact) mass is 251 g/mol. The maximum atomic E-state index is 3.47. The zero-order valence-electron chi connectivity index (χ0n) is 11.7. The Labute approximate surface area is 110 Å². The van der Waals surface area contributed by atoms with Crippen molar-refractivity contribution >= 4 is 11.8 Å². The molecule has 17 heavy (non-hydrogen) atoms. The highest BCUT2D eigenvalue weighted by Crippen LogP contribution is 2.23. The predicted octanol–water partition coefficient (Wildman–Crippen LogP) is 4.24. The molecule has 1 rings (SSSR count). The summed E-state index contributed by atoms with van der Waals surface area (Å²) in [5.74, 6) is 1.95. The van der Waals surface area contributed by atoms with E-state index in [9.17, 15) is 0 Å². The van der Waals surface area contributed by atoms with E-state index >= 15 is 0 Å². The molecule has 0 bridgehead atoms. The van der Waals surface area contributed by atoms with Crippen LogP contribution in [0.15, 0.2) is 23.1 Å². The average Bonchev–Trinajstić information content (AvgIpc) is 2.24. The van der Waals surface area contributed by atoms with E-state index in [1.807, 2.05) is 11.8 Å². The maximum Gasteiger partial charge on any atom is 0.0210 e. The summed E-state index contributed by atoms with van der Waals surface area (Å²) in [5, 5.41) is 3.47. The lowest BCUT2D eigenvalue weighted by Crippen LogP contribution is -2.22. The molecule has 1 aromatic rings. The van der Waals surface area contributed by atoms with Gasteiger partial charge >= 0.3 is 0 Å². The Morgan fingerprint density at radius 1 is 1.18 bits per heavy atom. The summed E-state index contributed by atoms with van der Waals surface area (Å²) in [5.41, 5.74) is 2.81. The van der Waals surface area contributed by atoms with Crippen LogP contribution in [0.5, 0.6) is 0 Å². The molecule has 0 saturated carbocycles. The van der Waals surface area contributed by atoms with Crippen LogP contribution in [0.3, 0.4) is 0 Å². The highest BCUT2D eigenvalue weighted by Gasteiger charge is 2.02. The quantitative estimate of drug-likeness (QED) is 0.759. The van der Waals surface area contributed by atoms with Crippen LogP contribution in [0.25, 0.3) is 0 Å². The highest BCUT2D eigenvalue weighted by molar-refractivity contribution is 7.99. The van der Waals surface area contributed by atoms with Gasteiger partial charge in [0.1, 0.15) is 0 Å². The molecule has 0 aromatic heterocycles. The van der Waals surface area contributed by atoms with Crippen molar-refractivity contribution in [1.82, 2.24) is 5.32 Å². The van der Waals surface area contributed by atoms with Crippen LogP contribution in [0.4, 0.5) is 0 Å². The third-order valence-corrected chi connectivity index (χ3v) is 4.02. The van der Waals surface area contributed by atoms with Crippen molar-refractivity contribution in [3.05, 3.63) is 29.3 Å². The van der Waals surface area contributed by atoms with Crippen LogP contribution in [0.1, 0.15) is 38.8 Å². The topological polar surface area (TPSA) is 12.0 Å². The second-order valence-corrected chi connectivity index (χ2v) is 6.42. The molecule has 0 spiro atoms. The second-order valence-electron chi connectivity index (χ2n) is 5.33. The summed E-state index contributed by atoms with van der Waals surface area (Å²) in [7, 11) is 0. The minimum atomic E-state index is 0.546. The van der Waals surface area contributed by atoms with Crippen molar-refractivity contribution in [2.24, 2.45) is 5.92 Å². The molecule has 0 amide bonds. The summed E-state index contributed by atoms with van der Waals surface area (Å²) in [4.78, 5) is 1.39. The second kappa shape index (κ2) is 7.07. The fourth-order valence-electron chi connectivity index (χ4n) is 1.53. The Balaban J connectivity index is 2.59. The lowest BCUT2D eigenvalue weighted by molar-refractivity contribution is 0.587. The molecule has 0 fully saturated rings. The number of thioether (sulfide) groups is 1. The van der Waals surface area contributed by atoms with Gasteiger partial charge in [0.15, 0.2) is 0 Å². The van der Waals surface area contributed by atoms with Gasteiger partial charge in [-0.3, -0.25) is 0 Å². The van der Waals surface area contributed by atoms with Crippen LogP contribution >= 0.6 is 11.8 Å². The molecule has 0 aliphatic heterocycles. The van der Waals surface area contributed by atoms with Gasteiger partial charge in [-0.25, -0.2) is 0 Å². The number of hydrogen-bond acceptors (Lipinski definition) is 2. The molecule has 0 aliphatic carbocycles. The molecule has 0 saturated heterocycles. The molecule has 1 nitrogen and oxygen atoms in total. The Hall–Kier alpha value is -0.470. The Bertz CT molecular complexity index is 345. The third-order valence-electron chi connectivity index (χ3n) is 2.60. The predicted molar refractivity (Wildman–Crippen MR) is 78.7 cm³/mol. The van der Waals surface area contributed by atoms with Crippen molar-refractivity contribution in [1.29, 1.82) is 0 Å². The Morgan fingerprint density at radius 2 is 1.88 bits per heavy atom. The van der Waals surface area contributed by atoms with E-state index in [1.54, 1.807) is 0 Å². The van der Waals surface area contributed by atoms with Gasteiger partial charge in [-0.15, -0.1) is 11.8 Å². The molecule has 0 heterocycles. The van der Waals surface area contributed by atoms with E-state index in [2.05, 4.69) is 58.1 Å². The van der Waals surface area contributed by atoms with Crippen molar-refractivity contribution < 1.29 is 0 Å². The molecule has 0 aliphatic rings. The molecule has 1 aromatic carbocycles. The van der Waals surface area contributed by atoms with Crippen LogP contribution in [0.2, 0.25) is 0 Å². The van der Waals surface area contributed by atoms with E-state index in [4.69, 9.17) is 0 Å². The largest absolute Gasteiger partial charge is 0.310 e. The molecule has 0 radical (unpaired) electrons. The van der Waals surface area contributed by atoms with Crippen LogP contribution in [-0.2, 0) is 6.54 Å². The summed E-state index contributed by atoms with van der Waals surface area (Å²) in [6, 6.07) is 7.36. The lowest BCUT2D eigenvalue weighted by Gasteiger charge is -2.12. The third kappa shape index (κ3) is 5.60. The van der Waals surface area contributed by atoms with Gasteiger partial charge in [0, 0.05) is 23.2 Å². The summed E-state index contributed by atoms with van der Waals surface area (Å²) in [6.45, 7) is 12.1. The van der Waals surface area contributed by atoms with Crippen LogP contribution in [-0.4, -0.2) is 11.8 Å². The van der Waals surface area contributed by atoms with Gasteiger partial charge in [-0.1, -0.05) is 33.8 Å². The van der Waals surface area contributed by atoms with E-state index in [0.717, 1.165) is 12.5 Å². The van der Waals surface area contributed by atoms with Gasteiger partial charge in [0.05, 0.1) is 0 Å². The van der Waals surface area contributed by atoms with Crippen molar-refractivity contribution in [2.75, 3.05) is 5.75 Å². The minimum Gasteiger partial charge on any atom is -0.310 e. The SMILES string of the molecule is Cc1cc(SCC(C)C)ccc1CNC(C)C. The van der Waals surface area contributed by atoms with E-state index in [1.165, 1.54) is 21.8 Å². The first-order valence-electron chi connectivity index (χ1n) is 6.44. The zero-order valence-corrected chi connectivity index (χ0v) is 12.5. The Kier molecular flexibility index (Phi) is 6.07. The van der Waals surface area contributed by atoms with Gasteiger partial charge in [-0.05, 0) is 36.1 Å². The van der Waals surface area contributed by atoms with Gasteiger partial charge in [-0.2, -0.15) is 0 Å². The summed E-state index contributed by atoms with van der Waals surface area (Å²) >= 11 is 1.96. The fourth-order valence-corrected chi connectivity index (χ4v) is 2.48. The molecule has 96 valence electrons. The van der Waals surface area contributed by atoms with E-state index in [-0.39, 0.29) is 0 Å². The van der Waals surface area contributed by atoms with Gasteiger partial charge < -0.3 is 5.32 Å². The first kappa shape index (κ1) is 14.6. The summed E-state index contributed by atoms with van der Waals surface area (Å²) < 4.78 is 0. The minimum absolute atomic E-state index is 0.546. The van der Waals surface area contributed by atoms with E-state index < -0.39 is 0 Å². The highest BCUT2D eigenvalue weighted by atomic mass is 32.2. The maximum absolute atomic E-state index is 3.47. The molecule has 2 heteroatoms. The molecular formula is C15H25NS. The first-order valence-corrected chi connectivity index (χ1v) is 7.43. The normalized spacial score (nSPS) is 11.5. The number of rotatable bonds is 6. The number of benzene rings is 1. The zero-order chi connectivity index (χ0) is 12.8. The fraction of sp³-hybridized carbons (Fsp3) is 0.600. The molecule has 0 unspecified atom stereocenters. The smallest absolute Gasteiger partial charge is 0.0210 e. The van der Waals surface area contributed by atoms with Crippen LogP contribution < -0.4 is 5.32 Å². The lowest BCUT2D eigenvalue weighted by atomic mass is 10.1. The molecular weight excluding hydrogens is 226 g/mol. The number of hydrogen-bond donors (Lipinski definition) is 1.